The second-order valence-corrected chi connectivity index (χ2v) is 9.80. The summed E-state index contributed by atoms with van der Waals surface area (Å²) in [6.07, 6.45) is 6.67. The van der Waals surface area contributed by atoms with Crippen molar-refractivity contribution in [3.8, 4) is 5.75 Å². The van der Waals surface area contributed by atoms with Gasteiger partial charge in [-0.2, -0.15) is 0 Å². The SMILES string of the molecule is CCCCCCOc1ccc(/C=C2/SC(=Nc3ccc(C)cc3)N(c3ccc(C)cc3)C2=O)cc1. The Morgan fingerprint density at radius 3 is 2.17 bits per heavy atom. The summed E-state index contributed by atoms with van der Waals surface area (Å²) in [6.45, 7) is 7.03. The van der Waals surface area contributed by atoms with Gasteiger partial charge in [0.2, 0.25) is 0 Å². The van der Waals surface area contributed by atoms with Crippen molar-refractivity contribution >= 4 is 40.3 Å². The van der Waals surface area contributed by atoms with Crippen LogP contribution in [0.2, 0.25) is 0 Å². The van der Waals surface area contributed by atoms with Crippen LogP contribution in [0, 0.1) is 13.8 Å². The molecule has 35 heavy (non-hydrogen) atoms. The second-order valence-electron chi connectivity index (χ2n) is 8.79. The van der Waals surface area contributed by atoms with Crippen LogP contribution in [0.3, 0.4) is 0 Å². The van der Waals surface area contributed by atoms with Gasteiger partial charge in [-0.1, -0.05) is 73.7 Å². The zero-order valence-electron chi connectivity index (χ0n) is 20.7. The third-order valence-electron chi connectivity index (χ3n) is 5.80. The molecule has 0 radical (unpaired) electrons. The number of amides is 1. The molecule has 1 saturated heterocycles. The molecule has 0 aliphatic carbocycles. The van der Waals surface area contributed by atoms with Gasteiger partial charge in [-0.05, 0) is 80.1 Å². The molecule has 1 fully saturated rings. The number of benzene rings is 3. The molecule has 4 nitrogen and oxygen atoms in total. The lowest BCUT2D eigenvalue weighted by molar-refractivity contribution is -0.113. The summed E-state index contributed by atoms with van der Waals surface area (Å²) >= 11 is 1.40. The number of carbonyl (C=O) groups is 1. The molecule has 0 atom stereocenters. The number of aryl methyl sites for hydroxylation is 2. The van der Waals surface area contributed by atoms with Crippen LogP contribution in [0.15, 0.2) is 82.7 Å². The molecular weight excluding hydrogens is 452 g/mol. The van der Waals surface area contributed by atoms with Gasteiger partial charge in [-0.3, -0.25) is 9.69 Å². The molecule has 3 aromatic carbocycles. The molecule has 0 spiro atoms. The van der Waals surface area contributed by atoms with Gasteiger partial charge in [0.1, 0.15) is 5.75 Å². The Morgan fingerprint density at radius 1 is 0.857 bits per heavy atom. The number of hydrogen-bond acceptors (Lipinski definition) is 4. The van der Waals surface area contributed by atoms with E-state index < -0.39 is 0 Å². The minimum Gasteiger partial charge on any atom is -0.494 e. The molecule has 5 heteroatoms. The van der Waals surface area contributed by atoms with Crippen LogP contribution < -0.4 is 9.64 Å². The molecule has 3 aromatic rings. The van der Waals surface area contributed by atoms with E-state index in [0.29, 0.717) is 10.1 Å². The van der Waals surface area contributed by atoms with Gasteiger partial charge >= 0.3 is 0 Å². The molecule has 180 valence electrons. The topological polar surface area (TPSA) is 41.9 Å². The normalized spacial score (nSPS) is 15.9. The van der Waals surface area contributed by atoms with E-state index in [0.717, 1.165) is 41.3 Å². The maximum atomic E-state index is 13.5. The van der Waals surface area contributed by atoms with Crippen LogP contribution in [0.25, 0.3) is 6.08 Å². The summed E-state index contributed by atoms with van der Waals surface area (Å²) in [6, 6.07) is 23.9. The first-order valence-electron chi connectivity index (χ1n) is 12.2. The van der Waals surface area contributed by atoms with Crippen LogP contribution in [0.5, 0.6) is 5.75 Å². The number of anilines is 1. The Bertz CT molecular complexity index is 1200. The van der Waals surface area contributed by atoms with Gasteiger partial charge in [0.25, 0.3) is 5.91 Å². The van der Waals surface area contributed by atoms with Crippen molar-refractivity contribution in [3.63, 3.8) is 0 Å². The fourth-order valence-corrected chi connectivity index (χ4v) is 4.73. The van der Waals surface area contributed by atoms with Crippen molar-refractivity contribution in [1.29, 1.82) is 0 Å². The molecule has 1 aliphatic rings. The van der Waals surface area contributed by atoms with Gasteiger partial charge < -0.3 is 4.74 Å². The van der Waals surface area contributed by atoms with Crippen molar-refractivity contribution in [3.05, 3.63) is 94.4 Å². The summed E-state index contributed by atoms with van der Waals surface area (Å²) in [5.41, 5.74) is 4.92. The van der Waals surface area contributed by atoms with E-state index in [9.17, 15) is 4.79 Å². The predicted molar refractivity (Wildman–Crippen MR) is 149 cm³/mol. The Balaban J connectivity index is 1.55. The molecule has 1 amide bonds. The number of carbonyl (C=O) groups excluding carboxylic acids is 1. The van der Waals surface area contributed by atoms with Gasteiger partial charge in [0.05, 0.1) is 22.9 Å². The molecule has 0 unspecified atom stereocenters. The molecular formula is C30H32N2O2S. The molecule has 0 N–H and O–H groups in total. The van der Waals surface area contributed by atoms with Crippen molar-refractivity contribution in [2.75, 3.05) is 11.5 Å². The van der Waals surface area contributed by atoms with E-state index >= 15 is 0 Å². The summed E-state index contributed by atoms with van der Waals surface area (Å²) in [4.78, 5) is 20.6. The van der Waals surface area contributed by atoms with Gasteiger partial charge in [-0.15, -0.1) is 0 Å². The number of rotatable bonds is 9. The lowest BCUT2D eigenvalue weighted by Gasteiger charge is -2.16. The zero-order valence-corrected chi connectivity index (χ0v) is 21.5. The Morgan fingerprint density at radius 2 is 1.51 bits per heavy atom. The van der Waals surface area contributed by atoms with Crippen molar-refractivity contribution in [1.82, 2.24) is 0 Å². The second kappa shape index (κ2) is 11.9. The Hall–Kier alpha value is -3.31. The first-order valence-corrected chi connectivity index (χ1v) is 13.0. The lowest BCUT2D eigenvalue weighted by Crippen LogP contribution is -2.28. The molecule has 0 saturated carbocycles. The predicted octanol–water partition coefficient (Wildman–Crippen LogP) is 8.07. The Labute approximate surface area is 212 Å². The third-order valence-corrected chi connectivity index (χ3v) is 6.77. The highest BCUT2D eigenvalue weighted by atomic mass is 32.2. The van der Waals surface area contributed by atoms with E-state index in [1.807, 2.05) is 92.7 Å². The Kier molecular flexibility index (Phi) is 8.43. The zero-order chi connectivity index (χ0) is 24.6. The van der Waals surface area contributed by atoms with Gasteiger partial charge in [-0.25, -0.2) is 4.99 Å². The fraction of sp³-hybridized carbons (Fsp3) is 0.267. The molecule has 0 bridgehead atoms. The highest BCUT2D eigenvalue weighted by Gasteiger charge is 2.34. The van der Waals surface area contributed by atoms with Crippen LogP contribution in [-0.4, -0.2) is 17.7 Å². The summed E-state index contributed by atoms with van der Waals surface area (Å²) < 4.78 is 5.85. The highest BCUT2D eigenvalue weighted by Crippen LogP contribution is 2.37. The van der Waals surface area contributed by atoms with E-state index in [-0.39, 0.29) is 5.91 Å². The standard InChI is InChI=1S/C30H32N2O2S/c1-4-5-6-7-20-34-27-18-12-24(13-19-27)21-28-29(33)32(26-16-10-23(3)11-17-26)30(35-28)31-25-14-8-22(2)9-15-25/h8-19,21H,4-7,20H2,1-3H3/b28-21+,31-30?. The quantitative estimate of drug-likeness (QED) is 0.228. The number of hydrogen-bond donors (Lipinski definition) is 0. The maximum absolute atomic E-state index is 13.5. The monoisotopic (exact) mass is 484 g/mol. The summed E-state index contributed by atoms with van der Waals surface area (Å²) in [5.74, 6) is 0.790. The summed E-state index contributed by atoms with van der Waals surface area (Å²) in [7, 11) is 0. The maximum Gasteiger partial charge on any atom is 0.271 e. The first kappa shape index (κ1) is 24.8. The fourth-order valence-electron chi connectivity index (χ4n) is 3.73. The van der Waals surface area contributed by atoms with Crippen molar-refractivity contribution in [2.45, 2.75) is 46.5 Å². The smallest absolute Gasteiger partial charge is 0.271 e. The van der Waals surface area contributed by atoms with E-state index in [4.69, 9.17) is 9.73 Å². The summed E-state index contributed by atoms with van der Waals surface area (Å²) in [5, 5.41) is 0.654. The van der Waals surface area contributed by atoms with E-state index in [2.05, 4.69) is 6.92 Å². The largest absolute Gasteiger partial charge is 0.494 e. The molecule has 0 aromatic heterocycles. The first-order chi connectivity index (χ1) is 17.0. The number of unbranched alkanes of at least 4 members (excludes halogenated alkanes) is 3. The molecule has 1 heterocycles. The highest BCUT2D eigenvalue weighted by molar-refractivity contribution is 8.19. The number of nitrogens with zero attached hydrogens (tertiary/aromatic N) is 2. The molecule has 4 rings (SSSR count). The molecule has 1 aliphatic heterocycles. The van der Waals surface area contributed by atoms with Crippen LogP contribution in [0.1, 0.15) is 49.3 Å². The van der Waals surface area contributed by atoms with Gasteiger partial charge in [0.15, 0.2) is 5.17 Å². The van der Waals surface area contributed by atoms with Crippen LogP contribution in [0.4, 0.5) is 11.4 Å². The minimum absolute atomic E-state index is 0.0686. The third kappa shape index (κ3) is 6.64. The van der Waals surface area contributed by atoms with Crippen molar-refractivity contribution < 1.29 is 9.53 Å². The minimum atomic E-state index is -0.0686. The lowest BCUT2D eigenvalue weighted by atomic mass is 10.2. The van der Waals surface area contributed by atoms with E-state index in [1.54, 1.807) is 4.90 Å². The van der Waals surface area contributed by atoms with E-state index in [1.165, 1.54) is 36.6 Å². The average molecular weight is 485 g/mol. The number of ether oxygens (including phenoxy) is 1. The number of aliphatic imine (C=N–C) groups is 1. The van der Waals surface area contributed by atoms with Crippen LogP contribution in [-0.2, 0) is 4.79 Å². The number of amidine groups is 1. The van der Waals surface area contributed by atoms with Crippen molar-refractivity contribution in [2.24, 2.45) is 4.99 Å². The van der Waals surface area contributed by atoms with Gasteiger partial charge in [0, 0.05) is 0 Å². The number of thioether (sulfide) groups is 1. The average Bonchev–Trinajstić information content (AvgIpc) is 3.16. The van der Waals surface area contributed by atoms with Crippen LogP contribution >= 0.6 is 11.8 Å².